The van der Waals surface area contributed by atoms with E-state index in [-0.39, 0.29) is 6.54 Å². The maximum absolute atomic E-state index is 12.1. The van der Waals surface area contributed by atoms with Crippen molar-refractivity contribution < 1.29 is 14.3 Å². The van der Waals surface area contributed by atoms with E-state index in [9.17, 15) is 9.59 Å². The highest BCUT2D eigenvalue weighted by Crippen LogP contribution is 2.21. The Morgan fingerprint density at radius 2 is 1.92 bits per heavy atom. The van der Waals surface area contributed by atoms with Crippen LogP contribution in [0.5, 0.6) is 5.75 Å². The summed E-state index contributed by atoms with van der Waals surface area (Å²) in [5.74, 6) is 0.105. The molecule has 7 nitrogen and oxygen atoms in total. The molecule has 0 radical (unpaired) electrons. The maximum Gasteiger partial charge on any atom is 0.313 e. The number of carbonyl (C=O) groups is 2. The molecule has 0 saturated carbocycles. The number of anilines is 2. The van der Waals surface area contributed by atoms with Crippen LogP contribution in [0.2, 0.25) is 0 Å². The minimum absolute atomic E-state index is 0.248. The van der Waals surface area contributed by atoms with Crippen molar-refractivity contribution in [2.45, 2.75) is 20.4 Å². The number of hydrogen-bond acceptors (Lipinski definition) is 5. The van der Waals surface area contributed by atoms with E-state index in [2.05, 4.69) is 15.6 Å². The van der Waals surface area contributed by atoms with Gasteiger partial charge in [-0.15, -0.1) is 0 Å². The van der Waals surface area contributed by atoms with Crippen molar-refractivity contribution in [3.05, 3.63) is 47.7 Å². The van der Waals surface area contributed by atoms with E-state index in [1.54, 1.807) is 24.4 Å². The zero-order valence-corrected chi connectivity index (χ0v) is 15.5. The van der Waals surface area contributed by atoms with Gasteiger partial charge in [-0.1, -0.05) is 0 Å². The number of ether oxygens (including phenoxy) is 1. The molecule has 2 aromatic rings. The van der Waals surface area contributed by atoms with E-state index in [0.717, 1.165) is 22.7 Å². The number of pyridine rings is 1. The molecule has 0 bridgehead atoms. The molecule has 2 N–H and O–H groups in total. The Bertz CT molecular complexity index is 790. The lowest BCUT2D eigenvalue weighted by Gasteiger charge is -2.13. The Balaban J connectivity index is 1.93. The van der Waals surface area contributed by atoms with Gasteiger partial charge in [-0.3, -0.25) is 9.59 Å². The highest BCUT2D eigenvalue weighted by atomic mass is 16.5. The first-order valence-electron chi connectivity index (χ1n) is 8.35. The second-order valence-corrected chi connectivity index (χ2v) is 5.96. The minimum Gasteiger partial charge on any atom is -0.494 e. The van der Waals surface area contributed by atoms with Crippen LogP contribution in [0.4, 0.5) is 11.5 Å². The van der Waals surface area contributed by atoms with Crippen molar-refractivity contribution in [2.24, 2.45) is 0 Å². The molecule has 0 atom stereocenters. The van der Waals surface area contributed by atoms with Crippen molar-refractivity contribution in [3.8, 4) is 5.75 Å². The van der Waals surface area contributed by atoms with Gasteiger partial charge in [0, 0.05) is 32.5 Å². The Morgan fingerprint density at radius 1 is 1.15 bits per heavy atom. The smallest absolute Gasteiger partial charge is 0.313 e. The summed E-state index contributed by atoms with van der Waals surface area (Å²) in [6.07, 6.45) is 1.67. The minimum atomic E-state index is -0.709. The van der Waals surface area contributed by atoms with Crippen molar-refractivity contribution >= 4 is 23.3 Å². The Kier molecular flexibility index (Phi) is 6.54. The summed E-state index contributed by atoms with van der Waals surface area (Å²) >= 11 is 0. The largest absolute Gasteiger partial charge is 0.494 e. The van der Waals surface area contributed by atoms with Crippen molar-refractivity contribution in [2.75, 3.05) is 30.9 Å². The van der Waals surface area contributed by atoms with Crippen molar-refractivity contribution in [3.63, 3.8) is 0 Å². The van der Waals surface area contributed by atoms with Crippen LogP contribution >= 0.6 is 0 Å². The van der Waals surface area contributed by atoms with E-state index in [4.69, 9.17) is 4.74 Å². The van der Waals surface area contributed by atoms with Gasteiger partial charge in [0.2, 0.25) is 0 Å². The summed E-state index contributed by atoms with van der Waals surface area (Å²) in [5.41, 5.74) is 2.26. The molecule has 1 aromatic carbocycles. The predicted octanol–water partition coefficient (Wildman–Crippen LogP) is 2.11. The highest BCUT2D eigenvalue weighted by molar-refractivity contribution is 6.39. The summed E-state index contributed by atoms with van der Waals surface area (Å²) in [4.78, 5) is 30.2. The third kappa shape index (κ3) is 5.20. The molecule has 0 aliphatic heterocycles. The highest BCUT2D eigenvalue weighted by Gasteiger charge is 2.15. The molecule has 2 rings (SSSR count). The topological polar surface area (TPSA) is 83.6 Å². The Hall–Kier alpha value is -3.09. The van der Waals surface area contributed by atoms with Gasteiger partial charge in [0.05, 0.1) is 6.61 Å². The first-order chi connectivity index (χ1) is 12.4. The zero-order valence-electron chi connectivity index (χ0n) is 15.5. The second-order valence-electron chi connectivity index (χ2n) is 5.96. The lowest BCUT2D eigenvalue weighted by molar-refractivity contribution is -0.136. The van der Waals surface area contributed by atoms with Crippen LogP contribution in [-0.4, -0.2) is 37.5 Å². The zero-order chi connectivity index (χ0) is 19.1. The van der Waals surface area contributed by atoms with Gasteiger partial charge in [0.25, 0.3) is 0 Å². The molecule has 0 spiro atoms. The SMILES string of the molecule is CCOc1ccc(NC(=O)C(=O)NCc2ccnc(N(C)C)c2)c(C)c1. The van der Waals surface area contributed by atoms with Gasteiger partial charge in [-0.05, 0) is 55.3 Å². The second kappa shape index (κ2) is 8.84. The average molecular weight is 356 g/mol. The van der Waals surface area contributed by atoms with Crippen LogP contribution in [0.15, 0.2) is 36.5 Å². The van der Waals surface area contributed by atoms with Crippen LogP contribution in [0.3, 0.4) is 0 Å². The van der Waals surface area contributed by atoms with Gasteiger partial charge in [0.1, 0.15) is 11.6 Å². The van der Waals surface area contributed by atoms with Gasteiger partial charge in [0.15, 0.2) is 0 Å². The number of amides is 2. The summed E-state index contributed by atoms with van der Waals surface area (Å²) in [5, 5.41) is 5.23. The fraction of sp³-hybridized carbons (Fsp3) is 0.316. The van der Waals surface area contributed by atoms with Crippen LogP contribution < -0.4 is 20.3 Å². The molecule has 1 aromatic heterocycles. The average Bonchev–Trinajstić information content (AvgIpc) is 2.62. The number of benzene rings is 1. The number of rotatable bonds is 6. The standard InChI is InChI=1S/C19H24N4O3/c1-5-26-15-6-7-16(13(2)10-15)22-19(25)18(24)21-12-14-8-9-20-17(11-14)23(3)4/h6-11H,5,12H2,1-4H3,(H,21,24)(H,22,25). The molecule has 0 saturated heterocycles. The fourth-order valence-electron chi connectivity index (χ4n) is 2.29. The third-order valence-corrected chi connectivity index (χ3v) is 3.68. The normalized spacial score (nSPS) is 10.2. The summed E-state index contributed by atoms with van der Waals surface area (Å²) < 4.78 is 5.41. The molecule has 138 valence electrons. The molecule has 0 fully saturated rings. The monoisotopic (exact) mass is 356 g/mol. The van der Waals surface area contributed by atoms with Crippen LogP contribution in [0, 0.1) is 6.92 Å². The molecule has 7 heteroatoms. The summed E-state index contributed by atoms with van der Waals surface area (Å²) in [7, 11) is 3.77. The predicted molar refractivity (Wildman–Crippen MR) is 101 cm³/mol. The van der Waals surface area contributed by atoms with Crippen LogP contribution in [0.1, 0.15) is 18.1 Å². The number of carbonyl (C=O) groups excluding carboxylic acids is 2. The molecular weight excluding hydrogens is 332 g/mol. The van der Waals surface area contributed by atoms with Crippen molar-refractivity contribution in [1.82, 2.24) is 10.3 Å². The van der Waals surface area contributed by atoms with E-state index < -0.39 is 11.8 Å². The van der Waals surface area contributed by atoms with Gasteiger partial charge >= 0.3 is 11.8 Å². The van der Waals surface area contributed by atoms with Crippen LogP contribution in [0.25, 0.3) is 0 Å². The van der Waals surface area contributed by atoms with E-state index >= 15 is 0 Å². The number of aryl methyl sites for hydroxylation is 1. The number of nitrogens with one attached hydrogen (secondary N) is 2. The first-order valence-corrected chi connectivity index (χ1v) is 8.35. The van der Waals surface area contributed by atoms with E-state index in [0.29, 0.717) is 12.3 Å². The summed E-state index contributed by atoms with van der Waals surface area (Å²) in [6.45, 7) is 4.56. The van der Waals surface area contributed by atoms with Gasteiger partial charge < -0.3 is 20.3 Å². The number of nitrogens with zero attached hydrogens (tertiary/aromatic N) is 2. The quantitative estimate of drug-likeness (QED) is 0.775. The first kappa shape index (κ1) is 19.2. The lowest BCUT2D eigenvalue weighted by Crippen LogP contribution is -2.35. The molecule has 0 aliphatic rings. The van der Waals surface area contributed by atoms with Gasteiger partial charge in [-0.25, -0.2) is 4.98 Å². The van der Waals surface area contributed by atoms with Crippen molar-refractivity contribution in [1.29, 1.82) is 0 Å². The van der Waals surface area contributed by atoms with Gasteiger partial charge in [-0.2, -0.15) is 0 Å². The lowest BCUT2D eigenvalue weighted by atomic mass is 10.2. The molecule has 26 heavy (non-hydrogen) atoms. The molecule has 0 unspecified atom stereocenters. The summed E-state index contributed by atoms with van der Waals surface area (Å²) in [6, 6.07) is 8.94. The Labute approximate surface area is 153 Å². The molecular formula is C19H24N4O3. The number of hydrogen-bond donors (Lipinski definition) is 2. The van der Waals surface area contributed by atoms with Crippen LogP contribution in [-0.2, 0) is 16.1 Å². The molecule has 0 aliphatic carbocycles. The third-order valence-electron chi connectivity index (χ3n) is 3.68. The number of aromatic nitrogens is 1. The fourth-order valence-corrected chi connectivity index (χ4v) is 2.29. The van der Waals surface area contributed by atoms with E-state index in [1.807, 2.05) is 45.0 Å². The molecule has 1 heterocycles. The van der Waals surface area contributed by atoms with E-state index in [1.165, 1.54) is 0 Å². The molecule has 2 amide bonds. The maximum atomic E-state index is 12.1. The Morgan fingerprint density at radius 3 is 2.58 bits per heavy atom.